The number of hydrogen-bond acceptors (Lipinski definition) is 4. The Morgan fingerprint density at radius 3 is 2.52 bits per heavy atom. The summed E-state index contributed by atoms with van der Waals surface area (Å²) in [5, 5.41) is 7.46. The Bertz CT molecular complexity index is 1130. The van der Waals surface area contributed by atoms with Gasteiger partial charge in [-0.05, 0) is 35.2 Å². The number of benzene rings is 2. The Balaban J connectivity index is 1.61. The van der Waals surface area contributed by atoms with Crippen LogP contribution in [0.1, 0.15) is 33.3 Å². The van der Waals surface area contributed by atoms with Gasteiger partial charge in [0.05, 0.1) is 16.6 Å². The summed E-state index contributed by atoms with van der Waals surface area (Å²) >= 11 is 1.29. The molecule has 1 aromatic heterocycles. The van der Waals surface area contributed by atoms with Crippen molar-refractivity contribution in [2.75, 3.05) is 13.6 Å². The van der Waals surface area contributed by atoms with E-state index in [1.54, 1.807) is 54.9 Å². The molecule has 158 valence electrons. The lowest BCUT2D eigenvalue weighted by atomic mass is 9.98. The van der Waals surface area contributed by atoms with Crippen molar-refractivity contribution >= 4 is 28.9 Å². The molecule has 8 heteroatoms. The third-order valence-electron chi connectivity index (χ3n) is 5.06. The molecule has 3 aromatic rings. The van der Waals surface area contributed by atoms with E-state index in [0.717, 1.165) is 0 Å². The minimum absolute atomic E-state index is 0.206. The molecule has 1 atom stereocenters. The molecule has 0 aliphatic carbocycles. The fourth-order valence-electron chi connectivity index (χ4n) is 3.48. The monoisotopic (exact) mass is 439 g/mol. The van der Waals surface area contributed by atoms with E-state index in [-0.39, 0.29) is 24.7 Å². The molecule has 0 bridgehead atoms. The maximum absolute atomic E-state index is 14.5. The summed E-state index contributed by atoms with van der Waals surface area (Å²) in [4.78, 5) is 27.5. The SMILES string of the molecule is CN(CC(=O)N1N=C(c2ccc(F)cc2)C[C@H]1c1ccccc1F)C(=O)c1cccs1. The highest BCUT2D eigenvalue weighted by Gasteiger charge is 2.35. The molecular formula is C23H19F2N3O2S. The van der Waals surface area contributed by atoms with Crippen molar-refractivity contribution < 1.29 is 18.4 Å². The van der Waals surface area contributed by atoms with Gasteiger partial charge < -0.3 is 4.90 Å². The molecule has 1 aliphatic heterocycles. The molecule has 0 fully saturated rings. The molecule has 0 spiro atoms. The Labute approximate surface area is 182 Å². The first kappa shape index (κ1) is 20.9. The summed E-state index contributed by atoms with van der Waals surface area (Å²) < 4.78 is 27.9. The number of hydrazone groups is 1. The zero-order valence-electron chi connectivity index (χ0n) is 16.7. The summed E-state index contributed by atoms with van der Waals surface area (Å²) in [6.07, 6.45) is 0.279. The lowest BCUT2D eigenvalue weighted by molar-refractivity contribution is -0.133. The quantitative estimate of drug-likeness (QED) is 0.589. The van der Waals surface area contributed by atoms with Gasteiger partial charge in [-0.15, -0.1) is 11.3 Å². The van der Waals surface area contributed by atoms with Crippen molar-refractivity contribution in [3.8, 4) is 0 Å². The molecule has 0 saturated heterocycles. The van der Waals surface area contributed by atoms with Gasteiger partial charge in [0, 0.05) is 19.0 Å². The second-order valence-electron chi connectivity index (χ2n) is 7.17. The number of carbonyl (C=O) groups is 2. The topological polar surface area (TPSA) is 53.0 Å². The number of hydrogen-bond donors (Lipinski definition) is 0. The van der Waals surface area contributed by atoms with Crippen LogP contribution < -0.4 is 0 Å². The first-order chi connectivity index (χ1) is 14.9. The second kappa shape index (κ2) is 8.77. The molecule has 0 saturated carbocycles. The highest BCUT2D eigenvalue weighted by molar-refractivity contribution is 7.12. The fraction of sp³-hybridized carbons (Fsp3) is 0.174. The van der Waals surface area contributed by atoms with Crippen LogP contribution >= 0.6 is 11.3 Å². The van der Waals surface area contributed by atoms with Gasteiger partial charge in [-0.3, -0.25) is 9.59 Å². The van der Waals surface area contributed by atoms with Gasteiger partial charge >= 0.3 is 0 Å². The van der Waals surface area contributed by atoms with E-state index >= 15 is 0 Å². The Hall–Kier alpha value is -3.39. The molecular weight excluding hydrogens is 420 g/mol. The van der Waals surface area contributed by atoms with Crippen LogP contribution in [0.3, 0.4) is 0 Å². The minimum Gasteiger partial charge on any atom is -0.332 e. The van der Waals surface area contributed by atoms with Crippen molar-refractivity contribution in [1.29, 1.82) is 0 Å². The minimum atomic E-state index is -0.654. The maximum atomic E-state index is 14.5. The van der Waals surface area contributed by atoms with E-state index in [4.69, 9.17) is 0 Å². The van der Waals surface area contributed by atoms with Gasteiger partial charge in [0.25, 0.3) is 11.8 Å². The molecule has 31 heavy (non-hydrogen) atoms. The normalized spacial score (nSPS) is 15.6. The van der Waals surface area contributed by atoms with Gasteiger partial charge in [0.1, 0.15) is 18.2 Å². The number of thiophene rings is 1. The van der Waals surface area contributed by atoms with Gasteiger partial charge in [-0.25, -0.2) is 13.8 Å². The van der Waals surface area contributed by atoms with E-state index in [1.165, 1.54) is 39.4 Å². The standard InChI is InChI=1S/C23H19F2N3O2S/c1-27(23(30)21-7-4-12-31-21)14-22(29)28-20(17-5-2-3-6-18(17)25)13-19(26-28)15-8-10-16(24)11-9-15/h2-12,20H,13-14H2,1H3/t20-/m0/s1. The fourth-order valence-corrected chi connectivity index (χ4v) is 4.20. The predicted octanol–water partition coefficient (Wildman–Crippen LogP) is 4.48. The van der Waals surface area contributed by atoms with Crippen molar-refractivity contribution in [1.82, 2.24) is 9.91 Å². The zero-order chi connectivity index (χ0) is 22.0. The highest BCUT2D eigenvalue weighted by atomic mass is 32.1. The number of likely N-dealkylation sites (N-methyl/N-ethyl adjacent to an activating group) is 1. The third-order valence-corrected chi connectivity index (χ3v) is 5.92. The van der Waals surface area contributed by atoms with Gasteiger partial charge in [0.15, 0.2) is 0 Å². The molecule has 5 nitrogen and oxygen atoms in total. The van der Waals surface area contributed by atoms with E-state index in [2.05, 4.69) is 5.10 Å². The number of amides is 2. The lowest BCUT2D eigenvalue weighted by Crippen LogP contribution is -2.39. The summed E-state index contributed by atoms with van der Waals surface area (Å²) in [6.45, 7) is -0.206. The number of rotatable bonds is 5. The summed E-state index contributed by atoms with van der Waals surface area (Å²) in [5.74, 6) is -1.52. The van der Waals surface area contributed by atoms with E-state index in [1.807, 2.05) is 0 Å². The average molecular weight is 439 g/mol. The molecule has 0 radical (unpaired) electrons. The molecule has 2 heterocycles. The first-order valence-electron chi connectivity index (χ1n) is 9.63. The Morgan fingerprint density at radius 1 is 1.10 bits per heavy atom. The van der Waals surface area contributed by atoms with Crippen LogP contribution in [0.2, 0.25) is 0 Å². The van der Waals surface area contributed by atoms with Gasteiger partial charge in [0.2, 0.25) is 0 Å². The second-order valence-corrected chi connectivity index (χ2v) is 8.12. The van der Waals surface area contributed by atoms with Crippen LogP contribution in [0, 0.1) is 11.6 Å². The maximum Gasteiger partial charge on any atom is 0.264 e. The summed E-state index contributed by atoms with van der Waals surface area (Å²) in [7, 11) is 1.54. The van der Waals surface area contributed by atoms with Crippen LogP contribution in [0.15, 0.2) is 71.1 Å². The largest absolute Gasteiger partial charge is 0.332 e. The van der Waals surface area contributed by atoms with Crippen LogP contribution in [0.5, 0.6) is 0 Å². The zero-order valence-corrected chi connectivity index (χ0v) is 17.5. The van der Waals surface area contributed by atoms with Gasteiger partial charge in [-0.2, -0.15) is 5.10 Å². The number of halogens is 2. The molecule has 1 aliphatic rings. The van der Waals surface area contributed by atoms with Crippen LogP contribution in [0.25, 0.3) is 0 Å². The average Bonchev–Trinajstić information content (AvgIpc) is 3.44. The van der Waals surface area contributed by atoms with E-state index in [9.17, 15) is 18.4 Å². The van der Waals surface area contributed by atoms with Crippen molar-refractivity contribution in [2.45, 2.75) is 12.5 Å². The van der Waals surface area contributed by atoms with Crippen molar-refractivity contribution in [3.63, 3.8) is 0 Å². The van der Waals surface area contributed by atoms with E-state index in [0.29, 0.717) is 21.7 Å². The molecule has 4 rings (SSSR count). The first-order valence-corrected chi connectivity index (χ1v) is 10.5. The Kier molecular flexibility index (Phi) is 5.90. The van der Waals surface area contributed by atoms with Crippen LogP contribution in [0.4, 0.5) is 8.78 Å². The van der Waals surface area contributed by atoms with Crippen LogP contribution in [-0.4, -0.2) is 41.0 Å². The molecule has 0 unspecified atom stereocenters. The highest BCUT2D eigenvalue weighted by Crippen LogP contribution is 2.34. The Morgan fingerprint density at radius 2 is 1.84 bits per heavy atom. The van der Waals surface area contributed by atoms with E-state index < -0.39 is 17.8 Å². The van der Waals surface area contributed by atoms with Crippen LogP contribution in [-0.2, 0) is 4.79 Å². The van der Waals surface area contributed by atoms with Crippen molar-refractivity contribution in [2.24, 2.45) is 5.10 Å². The molecule has 0 N–H and O–H groups in total. The van der Waals surface area contributed by atoms with Gasteiger partial charge in [-0.1, -0.05) is 36.4 Å². The number of nitrogens with zero attached hydrogens (tertiary/aromatic N) is 3. The predicted molar refractivity (Wildman–Crippen MR) is 115 cm³/mol. The van der Waals surface area contributed by atoms with Crippen molar-refractivity contribution in [3.05, 3.63) is 93.7 Å². The molecule has 2 aromatic carbocycles. The number of carbonyl (C=O) groups excluding carboxylic acids is 2. The lowest BCUT2D eigenvalue weighted by Gasteiger charge is -2.25. The summed E-state index contributed by atoms with van der Waals surface area (Å²) in [6, 6.07) is 14.8. The summed E-state index contributed by atoms with van der Waals surface area (Å²) in [5.41, 5.74) is 1.54. The smallest absolute Gasteiger partial charge is 0.264 e. The third kappa shape index (κ3) is 4.39. The molecule has 2 amide bonds.